The molecule has 0 saturated heterocycles. The molecular weight excluding hydrogens is 329 g/mol. The lowest BCUT2D eigenvalue weighted by atomic mass is 10.2. The zero-order valence-electron chi connectivity index (χ0n) is 13.2. The summed E-state index contributed by atoms with van der Waals surface area (Å²) in [5.74, 6) is -0.332. The van der Waals surface area contributed by atoms with Gasteiger partial charge in [-0.05, 0) is 29.8 Å². The SMILES string of the molecule is CN(Cc1cccc(F)c1)C(=O)CCn1nc(Cl)c2ccccc21. The Kier molecular flexibility index (Phi) is 4.81. The van der Waals surface area contributed by atoms with E-state index in [1.807, 2.05) is 24.3 Å². The molecule has 3 rings (SSSR count). The van der Waals surface area contributed by atoms with E-state index in [2.05, 4.69) is 5.10 Å². The predicted octanol–water partition coefficient (Wildman–Crippen LogP) is 3.88. The summed E-state index contributed by atoms with van der Waals surface area (Å²) in [7, 11) is 1.71. The minimum Gasteiger partial charge on any atom is -0.341 e. The summed E-state index contributed by atoms with van der Waals surface area (Å²) in [6, 6.07) is 13.9. The average Bonchev–Trinajstić information content (AvgIpc) is 2.89. The van der Waals surface area contributed by atoms with Gasteiger partial charge in [0.15, 0.2) is 5.15 Å². The molecule has 124 valence electrons. The van der Waals surface area contributed by atoms with Crippen LogP contribution >= 0.6 is 11.6 Å². The number of hydrogen-bond donors (Lipinski definition) is 0. The Labute approximate surface area is 144 Å². The third kappa shape index (κ3) is 3.57. The summed E-state index contributed by atoms with van der Waals surface area (Å²) in [5, 5.41) is 5.59. The minimum absolute atomic E-state index is 0.0324. The largest absolute Gasteiger partial charge is 0.341 e. The van der Waals surface area contributed by atoms with Gasteiger partial charge in [-0.15, -0.1) is 0 Å². The van der Waals surface area contributed by atoms with Crippen LogP contribution in [-0.2, 0) is 17.9 Å². The number of nitrogens with zero attached hydrogens (tertiary/aromatic N) is 3. The van der Waals surface area contributed by atoms with Crippen LogP contribution in [0.25, 0.3) is 10.9 Å². The Bertz CT molecular complexity index is 878. The monoisotopic (exact) mass is 345 g/mol. The van der Waals surface area contributed by atoms with E-state index >= 15 is 0 Å². The molecule has 24 heavy (non-hydrogen) atoms. The van der Waals surface area contributed by atoms with Crippen molar-refractivity contribution >= 4 is 28.4 Å². The van der Waals surface area contributed by atoms with Gasteiger partial charge in [-0.1, -0.05) is 35.9 Å². The maximum atomic E-state index is 13.2. The fourth-order valence-corrected chi connectivity index (χ4v) is 2.90. The number of aromatic nitrogens is 2. The average molecular weight is 346 g/mol. The number of halogens is 2. The van der Waals surface area contributed by atoms with Gasteiger partial charge in [0, 0.05) is 25.4 Å². The van der Waals surface area contributed by atoms with E-state index in [0.717, 1.165) is 16.5 Å². The second-order valence-corrected chi connectivity index (χ2v) is 6.02. The summed E-state index contributed by atoms with van der Waals surface area (Å²) in [6.07, 6.45) is 0.299. The molecule has 1 aromatic heterocycles. The van der Waals surface area contributed by atoms with Crippen molar-refractivity contribution in [2.75, 3.05) is 7.05 Å². The first-order valence-electron chi connectivity index (χ1n) is 7.64. The lowest BCUT2D eigenvalue weighted by Gasteiger charge is -2.17. The summed E-state index contributed by atoms with van der Waals surface area (Å²) < 4.78 is 15.0. The predicted molar refractivity (Wildman–Crippen MR) is 92.2 cm³/mol. The first-order valence-corrected chi connectivity index (χ1v) is 8.02. The van der Waals surface area contributed by atoms with Crippen LogP contribution in [-0.4, -0.2) is 27.6 Å². The van der Waals surface area contributed by atoms with Gasteiger partial charge in [-0.2, -0.15) is 5.10 Å². The Morgan fingerprint density at radius 2 is 2.04 bits per heavy atom. The summed E-state index contributed by atoms with van der Waals surface area (Å²) in [4.78, 5) is 13.9. The molecule has 0 aliphatic heterocycles. The Morgan fingerprint density at radius 3 is 2.83 bits per heavy atom. The van der Waals surface area contributed by atoms with Crippen LogP contribution in [0.3, 0.4) is 0 Å². The zero-order valence-corrected chi connectivity index (χ0v) is 14.0. The van der Waals surface area contributed by atoms with E-state index in [0.29, 0.717) is 24.7 Å². The molecule has 0 fully saturated rings. The number of benzene rings is 2. The number of aryl methyl sites for hydroxylation is 1. The van der Waals surface area contributed by atoms with E-state index in [9.17, 15) is 9.18 Å². The van der Waals surface area contributed by atoms with E-state index in [-0.39, 0.29) is 11.7 Å². The summed E-state index contributed by atoms with van der Waals surface area (Å²) in [5.41, 5.74) is 1.67. The van der Waals surface area contributed by atoms with Crippen molar-refractivity contribution in [1.82, 2.24) is 14.7 Å². The maximum Gasteiger partial charge on any atom is 0.224 e. The number of carbonyl (C=O) groups excluding carboxylic acids is 1. The summed E-state index contributed by atoms with van der Waals surface area (Å²) >= 11 is 6.11. The van der Waals surface area contributed by atoms with Crippen LogP contribution in [0.15, 0.2) is 48.5 Å². The van der Waals surface area contributed by atoms with Crippen molar-refractivity contribution in [2.24, 2.45) is 0 Å². The molecule has 0 aliphatic carbocycles. The van der Waals surface area contributed by atoms with Crippen molar-refractivity contribution in [3.8, 4) is 0 Å². The third-order valence-corrected chi connectivity index (χ3v) is 4.16. The molecule has 6 heteroatoms. The van der Waals surface area contributed by atoms with E-state index in [4.69, 9.17) is 11.6 Å². The zero-order chi connectivity index (χ0) is 17.1. The summed E-state index contributed by atoms with van der Waals surface area (Å²) in [6.45, 7) is 0.816. The van der Waals surface area contributed by atoms with Gasteiger partial charge in [0.1, 0.15) is 5.82 Å². The second-order valence-electron chi connectivity index (χ2n) is 5.66. The van der Waals surface area contributed by atoms with Gasteiger partial charge >= 0.3 is 0 Å². The van der Waals surface area contributed by atoms with Gasteiger partial charge in [0.2, 0.25) is 5.91 Å². The molecule has 0 radical (unpaired) electrons. The lowest BCUT2D eigenvalue weighted by Crippen LogP contribution is -2.27. The molecule has 1 amide bonds. The first kappa shape index (κ1) is 16.5. The number of rotatable bonds is 5. The van der Waals surface area contributed by atoms with Crippen molar-refractivity contribution < 1.29 is 9.18 Å². The molecule has 4 nitrogen and oxygen atoms in total. The molecule has 0 unspecified atom stereocenters. The molecule has 0 bridgehead atoms. The Hall–Kier alpha value is -2.40. The van der Waals surface area contributed by atoms with E-state index < -0.39 is 0 Å². The molecule has 0 atom stereocenters. The molecule has 3 aromatic rings. The standard InChI is InChI=1S/C18H17ClFN3O/c1-22(12-13-5-4-6-14(20)11-13)17(24)9-10-23-16-8-3-2-7-15(16)18(19)21-23/h2-8,11H,9-10,12H2,1H3. The molecule has 0 saturated carbocycles. The fourth-order valence-electron chi connectivity index (χ4n) is 2.65. The first-order chi connectivity index (χ1) is 11.5. The molecule has 0 aliphatic rings. The number of para-hydroxylation sites is 1. The van der Waals surface area contributed by atoms with Crippen LogP contribution in [0.5, 0.6) is 0 Å². The fraction of sp³-hybridized carbons (Fsp3) is 0.222. The van der Waals surface area contributed by atoms with E-state index in [1.54, 1.807) is 28.8 Å². The number of carbonyl (C=O) groups is 1. The molecule has 2 aromatic carbocycles. The highest BCUT2D eigenvalue weighted by atomic mass is 35.5. The number of fused-ring (bicyclic) bond motifs is 1. The Morgan fingerprint density at radius 1 is 1.25 bits per heavy atom. The quantitative estimate of drug-likeness (QED) is 0.704. The lowest BCUT2D eigenvalue weighted by molar-refractivity contribution is -0.130. The Balaban J connectivity index is 1.64. The van der Waals surface area contributed by atoms with Gasteiger partial charge in [0.25, 0.3) is 0 Å². The number of hydrogen-bond acceptors (Lipinski definition) is 2. The topological polar surface area (TPSA) is 38.1 Å². The van der Waals surface area contributed by atoms with Crippen molar-refractivity contribution in [1.29, 1.82) is 0 Å². The minimum atomic E-state index is -0.300. The van der Waals surface area contributed by atoms with Gasteiger partial charge in [-0.25, -0.2) is 4.39 Å². The molecule has 1 heterocycles. The van der Waals surface area contributed by atoms with Crippen molar-refractivity contribution in [3.05, 3.63) is 65.1 Å². The normalized spacial score (nSPS) is 11.0. The highest BCUT2D eigenvalue weighted by Crippen LogP contribution is 2.22. The van der Waals surface area contributed by atoms with Crippen molar-refractivity contribution in [3.63, 3.8) is 0 Å². The second kappa shape index (κ2) is 7.01. The highest BCUT2D eigenvalue weighted by molar-refractivity contribution is 6.34. The maximum absolute atomic E-state index is 13.2. The van der Waals surface area contributed by atoms with Crippen molar-refractivity contribution in [2.45, 2.75) is 19.5 Å². The van der Waals surface area contributed by atoms with Crippen LogP contribution in [0, 0.1) is 5.82 Å². The van der Waals surface area contributed by atoms with Crippen LogP contribution < -0.4 is 0 Å². The van der Waals surface area contributed by atoms with Crippen LogP contribution in [0.4, 0.5) is 4.39 Å². The van der Waals surface area contributed by atoms with Gasteiger partial charge in [0.05, 0.1) is 12.1 Å². The third-order valence-electron chi connectivity index (χ3n) is 3.88. The van der Waals surface area contributed by atoms with Gasteiger partial charge in [-0.3, -0.25) is 9.48 Å². The number of amides is 1. The molecule has 0 N–H and O–H groups in total. The van der Waals surface area contributed by atoms with E-state index in [1.165, 1.54) is 12.1 Å². The highest BCUT2D eigenvalue weighted by Gasteiger charge is 2.13. The molecule has 0 spiro atoms. The van der Waals surface area contributed by atoms with Gasteiger partial charge < -0.3 is 4.90 Å². The van der Waals surface area contributed by atoms with Crippen LogP contribution in [0.2, 0.25) is 5.15 Å². The van der Waals surface area contributed by atoms with Crippen LogP contribution in [0.1, 0.15) is 12.0 Å². The smallest absolute Gasteiger partial charge is 0.224 e. The molecular formula is C18H17ClFN3O.